The van der Waals surface area contributed by atoms with Gasteiger partial charge < -0.3 is 5.73 Å². The van der Waals surface area contributed by atoms with E-state index in [1.165, 1.54) is 0 Å². The van der Waals surface area contributed by atoms with Crippen LogP contribution in [-0.4, -0.2) is 5.92 Å². The van der Waals surface area contributed by atoms with Crippen molar-refractivity contribution in [1.82, 2.24) is 0 Å². The van der Waals surface area contributed by atoms with E-state index in [-0.39, 0.29) is 12.8 Å². The lowest BCUT2D eigenvalue weighted by Crippen LogP contribution is -2.26. The predicted molar refractivity (Wildman–Crippen MR) is 87.4 cm³/mol. The van der Waals surface area contributed by atoms with Crippen molar-refractivity contribution in [2.24, 2.45) is 0 Å². The van der Waals surface area contributed by atoms with Crippen LogP contribution in [0, 0.1) is 6.92 Å². The number of anilines is 1. The van der Waals surface area contributed by atoms with Crippen LogP contribution in [0.2, 0.25) is 0 Å². The maximum Gasteiger partial charge on any atom is 0.252 e. The van der Waals surface area contributed by atoms with Gasteiger partial charge in [-0.25, -0.2) is 8.78 Å². The molecule has 3 heteroatoms. The van der Waals surface area contributed by atoms with Crippen molar-refractivity contribution < 1.29 is 8.78 Å². The molecule has 0 heterocycles. The highest BCUT2D eigenvalue weighted by Crippen LogP contribution is 2.37. The molecule has 0 aliphatic heterocycles. The van der Waals surface area contributed by atoms with Crippen molar-refractivity contribution in [2.45, 2.75) is 45.5 Å². The van der Waals surface area contributed by atoms with Gasteiger partial charge in [0.1, 0.15) is 0 Å². The standard InChI is InChI=1S/C19H21F2N/c1-3-13-9-15(4-5-18(13)22)17-10-16-11-19(20,21)7-6-14(16)8-12(17)2/h4-5,8-10H,3,6-7,11,22H2,1-2H3. The average molecular weight is 301 g/mol. The van der Waals surface area contributed by atoms with Gasteiger partial charge in [-0.1, -0.05) is 25.1 Å². The third-order valence-electron chi connectivity index (χ3n) is 4.59. The Bertz CT molecular complexity index is 720. The van der Waals surface area contributed by atoms with Crippen LogP contribution in [0.25, 0.3) is 11.1 Å². The summed E-state index contributed by atoms with van der Waals surface area (Å²) in [6, 6.07) is 9.97. The molecule has 116 valence electrons. The van der Waals surface area contributed by atoms with Crippen LogP contribution in [0.4, 0.5) is 14.5 Å². The molecule has 0 aromatic heterocycles. The summed E-state index contributed by atoms with van der Waals surface area (Å²) in [6.07, 6.45) is 1.14. The molecule has 1 aliphatic carbocycles. The Morgan fingerprint density at radius 1 is 1.14 bits per heavy atom. The number of halogens is 2. The Morgan fingerprint density at radius 2 is 1.91 bits per heavy atom. The molecule has 0 unspecified atom stereocenters. The molecule has 0 fully saturated rings. The van der Waals surface area contributed by atoms with Crippen LogP contribution >= 0.6 is 0 Å². The number of aryl methyl sites for hydroxylation is 3. The molecule has 0 bridgehead atoms. The molecule has 2 aromatic carbocycles. The molecule has 3 rings (SSSR count). The van der Waals surface area contributed by atoms with Gasteiger partial charge in [-0.05, 0) is 65.3 Å². The molecule has 1 nitrogen and oxygen atoms in total. The van der Waals surface area contributed by atoms with Gasteiger partial charge in [0.25, 0.3) is 5.92 Å². The first-order valence-electron chi connectivity index (χ1n) is 7.78. The molecule has 0 saturated heterocycles. The van der Waals surface area contributed by atoms with Gasteiger partial charge in [0.2, 0.25) is 0 Å². The molecular weight excluding hydrogens is 280 g/mol. The SMILES string of the molecule is CCc1cc(-c2cc3c(cc2C)CCC(F)(F)C3)ccc1N. The van der Waals surface area contributed by atoms with E-state index >= 15 is 0 Å². The van der Waals surface area contributed by atoms with E-state index in [2.05, 4.69) is 19.1 Å². The van der Waals surface area contributed by atoms with E-state index in [4.69, 9.17) is 5.73 Å². The van der Waals surface area contributed by atoms with Gasteiger partial charge in [-0.3, -0.25) is 0 Å². The molecule has 1 aliphatic rings. The monoisotopic (exact) mass is 301 g/mol. The molecule has 2 aromatic rings. The van der Waals surface area contributed by atoms with Crippen molar-refractivity contribution in [3.05, 3.63) is 52.6 Å². The Morgan fingerprint density at radius 3 is 2.64 bits per heavy atom. The number of rotatable bonds is 2. The van der Waals surface area contributed by atoms with Gasteiger partial charge in [0.15, 0.2) is 0 Å². The van der Waals surface area contributed by atoms with Gasteiger partial charge in [0.05, 0.1) is 0 Å². The van der Waals surface area contributed by atoms with E-state index in [1.54, 1.807) is 0 Å². The van der Waals surface area contributed by atoms with Crippen LogP contribution in [0.15, 0.2) is 30.3 Å². The molecule has 0 spiro atoms. The zero-order valence-electron chi connectivity index (χ0n) is 13.0. The summed E-state index contributed by atoms with van der Waals surface area (Å²) >= 11 is 0. The third kappa shape index (κ3) is 2.72. The highest BCUT2D eigenvalue weighted by molar-refractivity contribution is 5.72. The molecular formula is C19H21F2N. The second-order valence-electron chi connectivity index (χ2n) is 6.24. The average Bonchev–Trinajstić information content (AvgIpc) is 2.47. The summed E-state index contributed by atoms with van der Waals surface area (Å²) in [6.45, 7) is 4.11. The minimum Gasteiger partial charge on any atom is -0.399 e. The quantitative estimate of drug-likeness (QED) is 0.782. The number of fused-ring (bicyclic) bond motifs is 1. The van der Waals surface area contributed by atoms with Crippen molar-refractivity contribution in [3.63, 3.8) is 0 Å². The molecule has 2 N–H and O–H groups in total. The number of hydrogen-bond acceptors (Lipinski definition) is 1. The number of nitrogen functional groups attached to an aromatic ring is 1. The fraction of sp³-hybridized carbons (Fsp3) is 0.368. The summed E-state index contributed by atoms with van der Waals surface area (Å²) in [7, 11) is 0. The van der Waals surface area contributed by atoms with Gasteiger partial charge in [0, 0.05) is 18.5 Å². The van der Waals surface area contributed by atoms with Gasteiger partial charge >= 0.3 is 0 Å². The zero-order chi connectivity index (χ0) is 15.9. The normalized spacial score (nSPS) is 16.4. The Balaban J connectivity index is 2.08. The highest BCUT2D eigenvalue weighted by Gasteiger charge is 2.34. The Kier molecular flexibility index (Phi) is 3.67. The molecule has 0 saturated carbocycles. The van der Waals surface area contributed by atoms with Gasteiger partial charge in [-0.2, -0.15) is 0 Å². The number of hydrogen-bond donors (Lipinski definition) is 1. The number of alkyl halides is 2. The smallest absolute Gasteiger partial charge is 0.252 e. The summed E-state index contributed by atoms with van der Waals surface area (Å²) in [4.78, 5) is 0. The first kappa shape index (κ1) is 15.0. The van der Waals surface area contributed by atoms with Crippen LogP contribution < -0.4 is 5.73 Å². The van der Waals surface area contributed by atoms with Crippen molar-refractivity contribution in [3.8, 4) is 11.1 Å². The summed E-state index contributed by atoms with van der Waals surface area (Å²) < 4.78 is 27.3. The lowest BCUT2D eigenvalue weighted by molar-refractivity contribution is -0.0122. The van der Waals surface area contributed by atoms with E-state index < -0.39 is 5.92 Å². The lowest BCUT2D eigenvalue weighted by Gasteiger charge is -2.25. The third-order valence-corrected chi connectivity index (χ3v) is 4.59. The fourth-order valence-electron chi connectivity index (χ4n) is 3.28. The van der Waals surface area contributed by atoms with Crippen LogP contribution in [0.3, 0.4) is 0 Å². The van der Waals surface area contributed by atoms with E-state index in [0.717, 1.165) is 45.5 Å². The Hall–Kier alpha value is -1.90. The second-order valence-corrected chi connectivity index (χ2v) is 6.24. The minimum atomic E-state index is -2.57. The van der Waals surface area contributed by atoms with Gasteiger partial charge in [-0.15, -0.1) is 0 Å². The summed E-state index contributed by atoms with van der Waals surface area (Å²) in [5, 5.41) is 0. The molecule has 0 amide bonds. The van der Waals surface area contributed by atoms with E-state index in [0.29, 0.717) is 6.42 Å². The summed E-state index contributed by atoms with van der Waals surface area (Å²) in [5.74, 6) is -2.57. The van der Waals surface area contributed by atoms with E-state index in [1.807, 2.05) is 25.1 Å². The maximum atomic E-state index is 13.7. The molecule has 0 atom stereocenters. The maximum absolute atomic E-state index is 13.7. The zero-order valence-corrected chi connectivity index (χ0v) is 13.0. The number of nitrogens with two attached hydrogens (primary N) is 1. The van der Waals surface area contributed by atoms with Crippen LogP contribution in [0.5, 0.6) is 0 Å². The first-order chi connectivity index (χ1) is 10.4. The fourth-order valence-corrected chi connectivity index (χ4v) is 3.28. The first-order valence-corrected chi connectivity index (χ1v) is 7.78. The highest BCUT2D eigenvalue weighted by atomic mass is 19.3. The Labute approximate surface area is 130 Å². The summed E-state index contributed by atoms with van der Waals surface area (Å²) in [5.41, 5.74) is 12.9. The van der Waals surface area contributed by atoms with Crippen molar-refractivity contribution in [2.75, 3.05) is 5.73 Å². The van der Waals surface area contributed by atoms with E-state index in [9.17, 15) is 8.78 Å². The number of benzene rings is 2. The minimum absolute atomic E-state index is 0.0410. The van der Waals surface area contributed by atoms with Crippen molar-refractivity contribution >= 4 is 5.69 Å². The van der Waals surface area contributed by atoms with Crippen molar-refractivity contribution in [1.29, 1.82) is 0 Å². The largest absolute Gasteiger partial charge is 0.399 e. The topological polar surface area (TPSA) is 26.0 Å². The van der Waals surface area contributed by atoms with Crippen LogP contribution in [0.1, 0.15) is 35.6 Å². The van der Waals surface area contributed by atoms with Crippen LogP contribution in [-0.2, 0) is 19.3 Å². The molecule has 0 radical (unpaired) electrons. The molecule has 22 heavy (non-hydrogen) atoms. The predicted octanol–water partition coefficient (Wildman–Crippen LogP) is 4.93. The lowest BCUT2D eigenvalue weighted by atomic mass is 9.84. The second kappa shape index (κ2) is 5.38.